The Morgan fingerprint density at radius 2 is 1.81 bits per heavy atom. The Morgan fingerprint density at radius 3 is 2.56 bits per heavy atom. The van der Waals surface area contributed by atoms with Crippen LogP contribution in [0.4, 0.5) is 5.69 Å². The van der Waals surface area contributed by atoms with E-state index < -0.39 is 5.50 Å². The van der Waals surface area contributed by atoms with E-state index in [1.165, 1.54) is 10.5 Å². The maximum absolute atomic E-state index is 13.2. The zero-order chi connectivity index (χ0) is 19.1. The van der Waals surface area contributed by atoms with Crippen LogP contribution in [0.5, 0.6) is 0 Å². The molecule has 0 aromatic heterocycles. The number of halogens is 3. The van der Waals surface area contributed by atoms with Gasteiger partial charge in [0.25, 0.3) is 5.91 Å². The Labute approximate surface area is 177 Å². The summed E-state index contributed by atoms with van der Waals surface area (Å²) in [5.41, 5.74) is 3.43. The van der Waals surface area contributed by atoms with Crippen molar-refractivity contribution in [3.05, 3.63) is 81.4 Å². The standard InChI is InChI=1S/C20H13Cl3N2OS/c21-13-5-7-15(8-6-13)25-19(26)17(18(23)24-20(25)27)9-12-2-1-11-3-4-14(22)10-16(11)12/h2-10,18H,1H2,(H,24,27). The summed E-state index contributed by atoms with van der Waals surface area (Å²) in [6, 6.07) is 12.7. The normalized spacial score (nSPS) is 20.6. The average molecular weight is 436 g/mol. The highest BCUT2D eigenvalue weighted by molar-refractivity contribution is 7.80. The summed E-state index contributed by atoms with van der Waals surface area (Å²) in [4.78, 5) is 14.6. The van der Waals surface area contributed by atoms with Crippen molar-refractivity contribution in [1.82, 2.24) is 5.32 Å². The molecule has 1 N–H and O–H groups in total. The molecule has 0 saturated carbocycles. The molecule has 1 unspecified atom stereocenters. The maximum atomic E-state index is 13.2. The quantitative estimate of drug-likeness (QED) is 0.299. The zero-order valence-electron chi connectivity index (χ0n) is 13.9. The average Bonchev–Trinajstić information content (AvgIpc) is 3.02. The lowest BCUT2D eigenvalue weighted by Gasteiger charge is -2.33. The number of hydrogen-bond acceptors (Lipinski definition) is 2. The van der Waals surface area contributed by atoms with Gasteiger partial charge in [-0.3, -0.25) is 9.69 Å². The molecule has 1 amide bonds. The van der Waals surface area contributed by atoms with E-state index in [1.807, 2.05) is 18.2 Å². The summed E-state index contributed by atoms with van der Waals surface area (Å²) in [6.45, 7) is 0. The molecular weight excluding hydrogens is 423 g/mol. The Kier molecular flexibility index (Phi) is 4.99. The van der Waals surface area contributed by atoms with E-state index in [1.54, 1.807) is 30.3 Å². The Morgan fingerprint density at radius 1 is 1.11 bits per heavy atom. The van der Waals surface area contributed by atoms with Crippen molar-refractivity contribution in [2.45, 2.75) is 11.9 Å². The highest BCUT2D eigenvalue weighted by Crippen LogP contribution is 2.33. The van der Waals surface area contributed by atoms with Crippen LogP contribution in [-0.2, 0) is 11.2 Å². The van der Waals surface area contributed by atoms with Crippen molar-refractivity contribution in [3.63, 3.8) is 0 Å². The van der Waals surface area contributed by atoms with Gasteiger partial charge in [0.05, 0.1) is 11.3 Å². The number of nitrogens with zero attached hydrogens (tertiary/aromatic N) is 1. The second-order valence-electron chi connectivity index (χ2n) is 6.19. The predicted molar refractivity (Wildman–Crippen MR) is 116 cm³/mol. The van der Waals surface area contributed by atoms with Crippen molar-refractivity contribution < 1.29 is 4.79 Å². The second-order valence-corrected chi connectivity index (χ2v) is 7.89. The van der Waals surface area contributed by atoms with Gasteiger partial charge in [0, 0.05) is 10.0 Å². The number of carbonyl (C=O) groups excluding carboxylic acids is 1. The molecule has 3 nitrogen and oxygen atoms in total. The Hall–Kier alpha value is -1.85. The third-order valence-electron chi connectivity index (χ3n) is 4.50. The molecule has 1 fully saturated rings. The molecule has 1 aliphatic heterocycles. The molecular formula is C20H13Cl3N2OS. The van der Waals surface area contributed by atoms with Gasteiger partial charge in [0.1, 0.15) is 5.50 Å². The van der Waals surface area contributed by atoms with E-state index in [4.69, 9.17) is 47.0 Å². The molecule has 1 heterocycles. The molecule has 1 saturated heterocycles. The van der Waals surface area contributed by atoms with Gasteiger partial charge in [0.2, 0.25) is 0 Å². The first-order chi connectivity index (χ1) is 12.9. The molecule has 0 radical (unpaired) electrons. The summed E-state index contributed by atoms with van der Waals surface area (Å²) >= 11 is 23.8. The highest BCUT2D eigenvalue weighted by atomic mass is 35.5. The predicted octanol–water partition coefficient (Wildman–Crippen LogP) is 5.35. The number of fused-ring (bicyclic) bond motifs is 1. The van der Waals surface area contributed by atoms with Crippen molar-refractivity contribution in [3.8, 4) is 0 Å². The summed E-state index contributed by atoms with van der Waals surface area (Å²) in [6.07, 6.45) is 4.66. The Balaban J connectivity index is 1.72. The van der Waals surface area contributed by atoms with Crippen LogP contribution >= 0.6 is 47.0 Å². The van der Waals surface area contributed by atoms with Gasteiger partial charge in [-0.1, -0.05) is 46.9 Å². The number of hydrogen-bond donors (Lipinski definition) is 1. The molecule has 2 aromatic carbocycles. The van der Waals surface area contributed by atoms with Crippen molar-refractivity contribution in [2.24, 2.45) is 0 Å². The topological polar surface area (TPSA) is 32.3 Å². The van der Waals surface area contributed by atoms with Crippen LogP contribution in [0.2, 0.25) is 10.0 Å². The van der Waals surface area contributed by atoms with Gasteiger partial charge in [-0.05, 0) is 77.8 Å². The van der Waals surface area contributed by atoms with Crippen LogP contribution < -0.4 is 10.2 Å². The SMILES string of the molecule is O=C1C(=CC2=CCc3ccc(Cl)cc32)C(Cl)NC(=S)N1c1ccc(Cl)cc1. The number of alkyl halides is 1. The smallest absolute Gasteiger partial charge is 0.263 e. The van der Waals surface area contributed by atoms with Gasteiger partial charge >= 0.3 is 0 Å². The summed E-state index contributed by atoms with van der Waals surface area (Å²) in [7, 11) is 0. The molecule has 7 heteroatoms. The number of anilines is 1. The van der Waals surface area contributed by atoms with Crippen LogP contribution in [0.3, 0.4) is 0 Å². The third kappa shape index (κ3) is 3.50. The van der Waals surface area contributed by atoms with Crippen LogP contribution in [0.25, 0.3) is 5.57 Å². The van der Waals surface area contributed by atoms with Gasteiger partial charge in [-0.15, -0.1) is 0 Å². The summed E-state index contributed by atoms with van der Waals surface area (Å²) in [5.74, 6) is -0.266. The minimum absolute atomic E-state index is 0.253. The lowest BCUT2D eigenvalue weighted by molar-refractivity contribution is -0.114. The van der Waals surface area contributed by atoms with Crippen molar-refractivity contribution >= 4 is 69.3 Å². The van der Waals surface area contributed by atoms with E-state index >= 15 is 0 Å². The first-order valence-corrected chi connectivity index (χ1v) is 9.79. The molecule has 1 aliphatic carbocycles. The van der Waals surface area contributed by atoms with E-state index in [0.29, 0.717) is 21.3 Å². The Bertz CT molecular complexity index is 1010. The zero-order valence-corrected chi connectivity index (χ0v) is 17.0. The van der Waals surface area contributed by atoms with E-state index in [0.717, 1.165) is 17.6 Å². The van der Waals surface area contributed by atoms with Crippen LogP contribution in [0.1, 0.15) is 11.1 Å². The van der Waals surface area contributed by atoms with Gasteiger partial charge in [-0.2, -0.15) is 0 Å². The van der Waals surface area contributed by atoms with Crippen molar-refractivity contribution in [1.29, 1.82) is 0 Å². The number of nitrogens with one attached hydrogen (secondary N) is 1. The lowest BCUT2D eigenvalue weighted by atomic mass is 10.0. The van der Waals surface area contributed by atoms with Gasteiger partial charge in [0.15, 0.2) is 5.11 Å². The fraction of sp³-hybridized carbons (Fsp3) is 0.100. The molecule has 2 aromatic rings. The van der Waals surface area contributed by atoms with Crippen LogP contribution in [-0.4, -0.2) is 16.5 Å². The minimum Gasteiger partial charge on any atom is -0.342 e. The number of benzene rings is 2. The third-order valence-corrected chi connectivity index (χ3v) is 5.63. The van der Waals surface area contributed by atoms with E-state index in [9.17, 15) is 4.79 Å². The number of amides is 1. The lowest BCUT2D eigenvalue weighted by Crippen LogP contribution is -2.54. The van der Waals surface area contributed by atoms with Crippen LogP contribution in [0.15, 0.2) is 60.2 Å². The number of carbonyl (C=O) groups is 1. The van der Waals surface area contributed by atoms with Gasteiger partial charge in [-0.25, -0.2) is 0 Å². The van der Waals surface area contributed by atoms with E-state index in [2.05, 4.69) is 11.4 Å². The molecule has 2 aliphatic rings. The largest absolute Gasteiger partial charge is 0.342 e. The monoisotopic (exact) mass is 434 g/mol. The van der Waals surface area contributed by atoms with Gasteiger partial charge < -0.3 is 5.32 Å². The fourth-order valence-electron chi connectivity index (χ4n) is 3.17. The van der Waals surface area contributed by atoms with Crippen molar-refractivity contribution in [2.75, 3.05) is 4.90 Å². The van der Waals surface area contributed by atoms with E-state index in [-0.39, 0.29) is 11.0 Å². The molecule has 0 bridgehead atoms. The number of allylic oxidation sites excluding steroid dienone is 3. The molecule has 1 atom stereocenters. The molecule has 27 heavy (non-hydrogen) atoms. The number of rotatable bonds is 2. The minimum atomic E-state index is -0.710. The molecule has 0 spiro atoms. The maximum Gasteiger partial charge on any atom is 0.263 e. The fourth-order valence-corrected chi connectivity index (χ4v) is 4.10. The summed E-state index contributed by atoms with van der Waals surface area (Å²) in [5, 5.41) is 4.47. The second kappa shape index (κ2) is 7.28. The first-order valence-electron chi connectivity index (χ1n) is 8.19. The number of thiocarbonyl (C=S) groups is 1. The molecule has 4 rings (SSSR count). The summed E-state index contributed by atoms with van der Waals surface area (Å²) < 4.78 is 0. The highest BCUT2D eigenvalue weighted by Gasteiger charge is 2.34. The van der Waals surface area contributed by atoms with Crippen LogP contribution in [0, 0.1) is 0 Å². The molecule has 136 valence electrons. The first kappa shape index (κ1) is 18.5.